The molecule has 0 spiro atoms. The van der Waals surface area contributed by atoms with E-state index in [1.165, 1.54) is 19.1 Å². The molecule has 14 atom stereocenters. The molecule has 0 aromatic rings. The van der Waals surface area contributed by atoms with Gasteiger partial charge in [-0.2, -0.15) is 0 Å². The fourth-order valence-electron chi connectivity index (χ4n) is 9.39. The van der Waals surface area contributed by atoms with E-state index in [0.717, 1.165) is 5.57 Å². The summed E-state index contributed by atoms with van der Waals surface area (Å²) < 4.78 is 29.7. The minimum atomic E-state index is -2.50. The number of ether oxygens (including phenoxy) is 5. The molecular formula is C43H69NO12. The Kier molecular flexibility index (Phi) is 16.9. The van der Waals surface area contributed by atoms with Crippen molar-refractivity contribution in [1.29, 1.82) is 0 Å². The van der Waals surface area contributed by atoms with Gasteiger partial charge in [0.05, 0.1) is 30.5 Å². The summed E-state index contributed by atoms with van der Waals surface area (Å²) in [5, 5.41) is 34.1. The van der Waals surface area contributed by atoms with Crippen molar-refractivity contribution in [3.63, 3.8) is 0 Å². The van der Waals surface area contributed by atoms with Crippen molar-refractivity contribution in [1.82, 2.24) is 4.90 Å². The number of ketones is 2. The highest BCUT2D eigenvalue weighted by Crippen LogP contribution is 2.39. The predicted octanol–water partition coefficient (Wildman–Crippen LogP) is 4.47. The molecule has 0 radical (unpaired) electrons. The first kappa shape index (κ1) is 46.2. The molecule has 3 aliphatic heterocycles. The van der Waals surface area contributed by atoms with Crippen LogP contribution >= 0.6 is 0 Å². The monoisotopic (exact) mass is 791 g/mol. The Morgan fingerprint density at radius 3 is 2.21 bits per heavy atom. The number of hydrogen-bond donors (Lipinski definition) is 3. The van der Waals surface area contributed by atoms with Crippen LogP contribution in [-0.2, 0) is 42.9 Å². The highest BCUT2D eigenvalue weighted by molar-refractivity contribution is 6.39. The number of esters is 1. The summed E-state index contributed by atoms with van der Waals surface area (Å²) in [5.74, 6) is -7.50. The van der Waals surface area contributed by atoms with Crippen molar-refractivity contribution < 1.29 is 58.2 Å². The topological polar surface area (TPSA) is 178 Å². The molecule has 0 aromatic heterocycles. The quantitative estimate of drug-likeness (QED) is 0.196. The van der Waals surface area contributed by atoms with Gasteiger partial charge in [0.1, 0.15) is 24.0 Å². The number of piperidine rings is 1. The third kappa shape index (κ3) is 10.7. The van der Waals surface area contributed by atoms with E-state index in [9.17, 15) is 34.5 Å². The van der Waals surface area contributed by atoms with Crippen LogP contribution in [0.25, 0.3) is 0 Å². The van der Waals surface area contributed by atoms with Gasteiger partial charge in [-0.15, -0.1) is 0 Å². The third-order valence-electron chi connectivity index (χ3n) is 12.9. The Balaban J connectivity index is 1.76. The van der Waals surface area contributed by atoms with Crippen molar-refractivity contribution in [2.45, 2.75) is 167 Å². The van der Waals surface area contributed by atoms with E-state index >= 15 is 0 Å². The normalized spacial score (nSPS) is 41.6. The first-order valence-corrected chi connectivity index (χ1v) is 20.8. The maximum absolute atomic E-state index is 14.3. The molecule has 1 saturated carbocycles. The lowest BCUT2D eigenvalue weighted by molar-refractivity contribution is -0.302. The number of Topliss-reactive ketones (excluding diaryl/α,β-unsaturated/α-hetero) is 2. The fourth-order valence-corrected chi connectivity index (χ4v) is 9.39. The minimum Gasteiger partial charge on any atom is -0.456 e. The molecule has 2 saturated heterocycles. The molecule has 0 aromatic carbocycles. The summed E-state index contributed by atoms with van der Waals surface area (Å²) in [6.45, 7) is 11.3. The van der Waals surface area contributed by atoms with Crippen LogP contribution in [0.15, 0.2) is 23.3 Å². The highest BCUT2D eigenvalue weighted by atomic mass is 16.7. The van der Waals surface area contributed by atoms with Crippen LogP contribution in [0.1, 0.15) is 112 Å². The van der Waals surface area contributed by atoms with Crippen molar-refractivity contribution in [2.75, 3.05) is 27.9 Å². The van der Waals surface area contributed by atoms with Gasteiger partial charge < -0.3 is 43.9 Å². The molecule has 3 fully saturated rings. The van der Waals surface area contributed by atoms with E-state index in [2.05, 4.69) is 6.92 Å². The van der Waals surface area contributed by atoms with Crippen molar-refractivity contribution in [3.05, 3.63) is 23.3 Å². The molecule has 3 N–H and O–H groups in total. The van der Waals surface area contributed by atoms with Gasteiger partial charge in [0.15, 0.2) is 0 Å². The smallest absolute Gasteiger partial charge is 0.329 e. The number of methoxy groups -OCH3 is 3. The zero-order valence-electron chi connectivity index (χ0n) is 35.1. The lowest BCUT2D eigenvalue weighted by Crippen LogP contribution is -2.64. The maximum Gasteiger partial charge on any atom is 0.329 e. The van der Waals surface area contributed by atoms with E-state index in [1.54, 1.807) is 21.0 Å². The highest BCUT2D eigenvalue weighted by Gasteiger charge is 2.56. The lowest BCUT2D eigenvalue weighted by Gasteiger charge is -2.47. The van der Waals surface area contributed by atoms with E-state index in [4.69, 9.17) is 23.7 Å². The summed E-state index contributed by atoms with van der Waals surface area (Å²) in [6, 6.07) is -1.13. The predicted molar refractivity (Wildman–Crippen MR) is 208 cm³/mol. The molecule has 2 bridgehead atoms. The second-order valence-corrected chi connectivity index (χ2v) is 17.2. The van der Waals surface area contributed by atoms with Crippen LogP contribution < -0.4 is 0 Å². The van der Waals surface area contributed by atoms with Gasteiger partial charge in [-0.25, -0.2) is 4.79 Å². The number of carbonyl (C=O) groups excluding carboxylic acids is 4. The second kappa shape index (κ2) is 20.4. The number of cyclic esters (lactones) is 1. The van der Waals surface area contributed by atoms with Gasteiger partial charge in [0.2, 0.25) is 5.79 Å². The summed E-state index contributed by atoms with van der Waals surface area (Å²) in [4.78, 5) is 57.6. The van der Waals surface area contributed by atoms with E-state index in [1.807, 2.05) is 32.9 Å². The fraction of sp³-hybridized carbons (Fsp3) is 0.814. The standard InChI is InChI=1S/C43H69NO12/c1-10-30-18-24(2)17-25(3)19-36(53-8)39-37(54-9)21-27(5)43(51,56-39)40(48)41(49)44-16-12-11-13-31(44)42(50)55-38(28(6)33(46)23-34(30)47)26(4)20-29-14-15-32(45)35(22-29)52-7/h18,20,25,27-33,35-39,45-46,51H,10-17,19,21-23H2,1-9H3/b24-18+,26-20+/t25?,27?,28?,29-,30?,31?,32+,33?,35+,36?,37?,38?,39?,43?/m0/s1. The number of aliphatic hydroxyl groups is 3. The Morgan fingerprint density at radius 1 is 0.911 bits per heavy atom. The molecule has 4 aliphatic rings. The molecule has 11 unspecified atom stereocenters. The Labute approximate surface area is 333 Å². The van der Waals surface area contributed by atoms with Gasteiger partial charge in [-0.05, 0) is 95.5 Å². The van der Waals surface area contributed by atoms with Crippen molar-refractivity contribution in [3.8, 4) is 0 Å². The summed E-state index contributed by atoms with van der Waals surface area (Å²) >= 11 is 0. The molecule has 3 heterocycles. The molecular weight excluding hydrogens is 722 g/mol. The number of hydrogen-bond acceptors (Lipinski definition) is 12. The average molecular weight is 792 g/mol. The zero-order valence-corrected chi connectivity index (χ0v) is 35.1. The molecule has 318 valence electrons. The van der Waals surface area contributed by atoms with Crippen molar-refractivity contribution in [2.24, 2.45) is 29.6 Å². The Hall–Kier alpha value is -2.52. The first-order chi connectivity index (χ1) is 26.5. The van der Waals surface area contributed by atoms with Crippen LogP contribution in [0.3, 0.4) is 0 Å². The lowest BCUT2D eigenvalue weighted by atomic mass is 9.81. The van der Waals surface area contributed by atoms with Crippen LogP contribution in [0.2, 0.25) is 0 Å². The van der Waals surface area contributed by atoms with Crippen LogP contribution in [-0.4, -0.2) is 126 Å². The third-order valence-corrected chi connectivity index (χ3v) is 12.9. The summed E-state index contributed by atoms with van der Waals surface area (Å²) in [6.07, 6.45) is 3.72. The molecule has 56 heavy (non-hydrogen) atoms. The zero-order chi connectivity index (χ0) is 41.5. The number of nitrogens with zero attached hydrogens (tertiary/aromatic N) is 1. The number of aliphatic hydroxyl groups excluding tert-OH is 2. The number of amides is 1. The molecule has 1 amide bonds. The van der Waals surface area contributed by atoms with E-state index in [-0.39, 0.29) is 49.5 Å². The SMILES string of the molecule is CCC1/C=C(\C)CC(C)CC(OC)C2OC(O)(C(=O)C(=O)N3CCCCC3C(=O)OC(/C(C)=C/[C@@H]3CC[C@@H](O)[C@H](OC)C3)C(C)C(O)CC1=O)C(C)CC2OC. The van der Waals surface area contributed by atoms with Crippen LogP contribution in [0.5, 0.6) is 0 Å². The van der Waals surface area contributed by atoms with E-state index < -0.39 is 83.9 Å². The molecule has 13 heteroatoms. The molecule has 13 nitrogen and oxygen atoms in total. The second-order valence-electron chi connectivity index (χ2n) is 17.2. The van der Waals surface area contributed by atoms with Crippen molar-refractivity contribution >= 4 is 23.4 Å². The van der Waals surface area contributed by atoms with Gasteiger partial charge >= 0.3 is 5.97 Å². The van der Waals surface area contributed by atoms with Gasteiger partial charge in [0.25, 0.3) is 11.7 Å². The maximum atomic E-state index is 14.3. The first-order valence-electron chi connectivity index (χ1n) is 20.8. The molecule has 1 aliphatic carbocycles. The molecule has 4 rings (SSSR count). The van der Waals surface area contributed by atoms with Gasteiger partial charge in [-0.3, -0.25) is 14.4 Å². The number of carbonyl (C=O) groups is 4. The number of allylic oxidation sites excluding steroid dienone is 3. The number of rotatable bonds is 6. The van der Waals surface area contributed by atoms with Gasteiger partial charge in [-0.1, -0.05) is 45.4 Å². The Bertz CT molecular complexity index is 1430. The Morgan fingerprint density at radius 2 is 1.57 bits per heavy atom. The van der Waals surface area contributed by atoms with Gasteiger partial charge in [0, 0.05) is 52.0 Å². The summed E-state index contributed by atoms with van der Waals surface area (Å²) in [5.41, 5.74) is 1.66. The average Bonchev–Trinajstić information content (AvgIpc) is 3.18. The number of fused-ring (bicyclic) bond motifs is 3. The largest absolute Gasteiger partial charge is 0.456 e. The minimum absolute atomic E-state index is 0.000914. The van der Waals surface area contributed by atoms with E-state index in [0.29, 0.717) is 56.9 Å². The van der Waals surface area contributed by atoms with Crippen LogP contribution in [0.4, 0.5) is 0 Å². The summed E-state index contributed by atoms with van der Waals surface area (Å²) in [7, 11) is 4.63. The van der Waals surface area contributed by atoms with Crippen LogP contribution in [0, 0.1) is 29.6 Å².